The van der Waals surface area contributed by atoms with Crippen LogP contribution in [-0.4, -0.2) is 49.9 Å². The molecule has 9 nitrogen and oxygen atoms in total. The number of fused-ring (bicyclic) bond motifs is 1. The van der Waals surface area contributed by atoms with Crippen molar-refractivity contribution < 1.29 is 28.3 Å². The first kappa shape index (κ1) is 22.0. The van der Waals surface area contributed by atoms with E-state index >= 15 is 0 Å². The van der Waals surface area contributed by atoms with Crippen molar-refractivity contribution in [3.05, 3.63) is 83.4 Å². The van der Waals surface area contributed by atoms with Gasteiger partial charge in [0.25, 0.3) is 11.8 Å². The maximum atomic E-state index is 13.1. The van der Waals surface area contributed by atoms with E-state index in [0.29, 0.717) is 35.4 Å². The van der Waals surface area contributed by atoms with Crippen molar-refractivity contribution in [3.8, 4) is 0 Å². The fraction of sp³-hybridized carbons (Fsp3) is 0.185. The Kier molecular flexibility index (Phi) is 5.26. The van der Waals surface area contributed by atoms with Crippen LogP contribution in [0.25, 0.3) is 16.5 Å². The summed E-state index contributed by atoms with van der Waals surface area (Å²) in [5, 5.41) is 3.24. The first-order chi connectivity index (χ1) is 17.6. The van der Waals surface area contributed by atoms with Crippen molar-refractivity contribution in [2.45, 2.75) is 12.5 Å². The van der Waals surface area contributed by atoms with E-state index < -0.39 is 17.9 Å². The number of nitrogens with one attached hydrogen (secondary N) is 1. The fourth-order valence-electron chi connectivity index (χ4n) is 4.99. The number of ether oxygens (including phenoxy) is 2. The van der Waals surface area contributed by atoms with Crippen LogP contribution in [0.1, 0.15) is 16.7 Å². The second kappa shape index (κ2) is 8.62. The van der Waals surface area contributed by atoms with Crippen LogP contribution >= 0.6 is 0 Å². The van der Waals surface area contributed by atoms with Crippen molar-refractivity contribution in [2.75, 3.05) is 25.2 Å². The Bertz CT molecular complexity index is 1530. The van der Waals surface area contributed by atoms with E-state index in [1.54, 1.807) is 31.7 Å². The second-order valence-corrected chi connectivity index (χ2v) is 8.55. The number of benzene rings is 2. The van der Waals surface area contributed by atoms with Crippen LogP contribution in [0, 0.1) is 0 Å². The molecule has 9 heteroatoms. The predicted octanol–water partition coefficient (Wildman–Crippen LogP) is 2.74. The predicted molar refractivity (Wildman–Crippen MR) is 131 cm³/mol. The van der Waals surface area contributed by atoms with Crippen molar-refractivity contribution in [2.24, 2.45) is 4.99 Å². The fourth-order valence-corrected chi connectivity index (χ4v) is 4.99. The summed E-state index contributed by atoms with van der Waals surface area (Å²) in [4.78, 5) is 45.4. The Morgan fingerprint density at radius 3 is 2.75 bits per heavy atom. The van der Waals surface area contributed by atoms with E-state index in [2.05, 4.69) is 10.3 Å². The minimum atomic E-state index is -0.576. The summed E-state index contributed by atoms with van der Waals surface area (Å²) in [5.74, 6) is -1.43. The summed E-state index contributed by atoms with van der Waals surface area (Å²) in [6, 6.07) is 12.3. The number of hydrogen-bond acceptors (Lipinski definition) is 8. The largest absolute Gasteiger partial charge is 0.464 e. The summed E-state index contributed by atoms with van der Waals surface area (Å²) in [7, 11) is 1.54. The van der Waals surface area contributed by atoms with Crippen molar-refractivity contribution in [1.29, 1.82) is 0 Å². The van der Waals surface area contributed by atoms with E-state index in [0.717, 1.165) is 16.6 Å². The van der Waals surface area contributed by atoms with Gasteiger partial charge in [-0.25, -0.2) is 4.79 Å². The van der Waals surface area contributed by atoms with Crippen LogP contribution in [0.5, 0.6) is 0 Å². The normalized spacial score (nSPS) is 18.4. The molecule has 6 rings (SSSR count). The molecule has 0 saturated heterocycles. The average Bonchev–Trinajstić information content (AvgIpc) is 3.53. The molecule has 1 aromatic heterocycles. The minimum Gasteiger partial charge on any atom is -0.464 e. The topological polar surface area (TPSA) is 110 Å². The van der Waals surface area contributed by atoms with Crippen LogP contribution in [0.4, 0.5) is 5.69 Å². The van der Waals surface area contributed by atoms with E-state index in [1.165, 1.54) is 6.20 Å². The van der Waals surface area contributed by atoms with Crippen molar-refractivity contribution >= 4 is 45.7 Å². The highest BCUT2D eigenvalue weighted by Gasteiger charge is 2.41. The number of para-hydroxylation sites is 2. The van der Waals surface area contributed by atoms with Gasteiger partial charge in [0.2, 0.25) is 0 Å². The number of furan rings is 1. The summed E-state index contributed by atoms with van der Waals surface area (Å²) in [5.41, 5.74) is 4.06. The maximum absolute atomic E-state index is 13.1. The summed E-state index contributed by atoms with van der Waals surface area (Å²) >= 11 is 0. The van der Waals surface area contributed by atoms with Gasteiger partial charge in [-0.15, -0.1) is 0 Å². The highest BCUT2D eigenvalue weighted by Crippen LogP contribution is 2.41. The standard InChI is InChI=1S/C27H21N3O6/c1-34-12-13-36-27(33)19-14-16-5-3-7-18-22(28-9-10-30(19)23(16)18)21-20(25(31)29-26(21)32)17-6-2-4-15-8-11-35-24(15)17/h2-11,19H,12-14H2,1H3,(H,29,31,32). The Morgan fingerprint density at radius 2 is 1.89 bits per heavy atom. The van der Waals surface area contributed by atoms with Crippen molar-refractivity contribution in [3.63, 3.8) is 0 Å². The van der Waals surface area contributed by atoms with Gasteiger partial charge >= 0.3 is 5.97 Å². The van der Waals surface area contributed by atoms with E-state index in [4.69, 9.17) is 13.9 Å². The van der Waals surface area contributed by atoms with Gasteiger partial charge in [0.1, 0.15) is 18.2 Å². The van der Waals surface area contributed by atoms with Gasteiger partial charge in [-0.3, -0.25) is 19.9 Å². The maximum Gasteiger partial charge on any atom is 0.329 e. The first-order valence-corrected chi connectivity index (χ1v) is 11.5. The van der Waals surface area contributed by atoms with Gasteiger partial charge in [0, 0.05) is 42.4 Å². The third kappa shape index (κ3) is 3.36. The number of anilines is 1. The molecular formula is C27H21N3O6. The SMILES string of the molecule is COCCOC(=O)C1Cc2cccc3c2N1C=CN=C3C1=C(c2cccc3ccoc23)C(=O)NC1=O. The number of hydrogen-bond donors (Lipinski definition) is 1. The van der Waals surface area contributed by atoms with E-state index in [1.807, 2.05) is 35.2 Å². The molecule has 3 aliphatic heterocycles. The molecule has 1 unspecified atom stereocenters. The zero-order chi connectivity index (χ0) is 24.8. The summed E-state index contributed by atoms with van der Waals surface area (Å²) in [6.45, 7) is 0.466. The first-order valence-electron chi connectivity index (χ1n) is 11.5. The lowest BCUT2D eigenvalue weighted by molar-refractivity contribution is -0.146. The molecule has 1 N–H and O–H groups in total. The molecule has 0 aliphatic carbocycles. The minimum absolute atomic E-state index is 0.158. The number of nitrogens with zero attached hydrogens (tertiary/aromatic N) is 2. The number of aliphatic imine (C=N–C) groups is 1. The van der Waals surface area contributed by atoms with Gasteiger partial charge in [-0.05, 0) is 11.6 Å². The Balaban J connectivity index is 1.47. The average molecular weight is 483 g/mol. The summed E-state index contributed by atoms with van der Waals surface area (Å²) in [6.07, 6.45) is 5.22. The van der Waals surface area contributed by atoms with Crippen LogP contribution in [0.3, 0.4) is 0 Å². The summed E-state index contributed by atoms with van der Waals surface area (Å²) < 4.78 is 16.0. The lowest BCUT2D eigenvalue weighted by Gasteiger charge is -2.23. The Labute approximate surface area is 205 Å². The molecule has 1 atom stereocenters. The molecule has 4 heterocycles. The third-order valence-electron chi connectivity index (χ3n) is 6.53. The van der Waals surface area contributed by atoms with E-state index in [9.17, 15) is 14.4 Å². The molecular weight excluding hydrogens is 462 g/mol. The molecule has 3 aromatic rings. The second-order valence-electron chi connectivity index (χ2n) is 8.55. The zero-order valence-corrected chi connectivity index (χ0v) is 19.3. The number of methoxy groups -OCH3 is 1. The number of carbonyl (C=O) groups excluding carboxylic acids is 3. The van der Waals surface area contributed by atoms with Crippen LogP contribution in [-0.2, 0) is 30.3 Å². The van der Waals surface area contributed by atoms with Crippen LogP contribution < -0.4 is 10.2 Å². The Morgan fingerprint density at radius 1 is 1.08 bits per heavy atom. The van der Waals surface area contributed by atoms with Gasteiger partial charge in [0.05, 0.1) is 35.4 Å². The van der Waals surface area contributed by atoms with E-state index in [-0.39, 0.29) is 23.7 Å². The molecule has 36 heavy (non-hydrogen) atoms. The third-order valence-corrected chi connectivity index (χ3v) is 6.53. The smallest absolute Gasteiger partial charge is 0.329 e. The van der Waals surface area contributed by atoms with Gasteiger partial charge < -0.3 is 18.8 Å². The molecule has 2 amide bonds. The van der Waals surface area contributed by atoms with Gasteiger partial charge in [0.15, 0.2) is 0 Å². The highest BCUT2D eigenvalue weighted by molar-refractivity contribution is 6.48. The quantitative estimate of drug-likeness (QED) is 0.326. The highest BCUT2D eigenvalue weighted by atomic mass is 16.6. The molecule has 0 saturated carbocycles. The molecule has 2 aromatic carbocycles. The molecule has 0 fully saturated rings. The van der Waals surface area contributed by atoms with Gasteiger partial charge in [-0.2, -0.15) is 0 Å². The molecule has 0 spiro atoms. The number of carbonyl (C=O) groups is 3. The number of amides is 2. The lowest BCUT2D eigenvalue weighted by atomic mass is 9.92. The number of rotatable bonds is 6. The van der Waals surface area contributed by atoms with Crippen LogP contribution in [0.15, 0.2) is 76.1 Å². The monoisotopic (exact) mass is 483 g/mol. The number of imide groups is 1. The van der Waals surface area contributed by atoms with Crippen molar-refractivity contribution in [1.82, 2.24) is 5.32 Å². The molecule has 3 aliphatic rings. The lowest BCUT2D eigenvalue weighted by Crippen LogP contribution is -2.37. The van der Waals surface area contributed by atoms with Gasteiger partial charge in [-0.1, -0.05) is 36.4 Å². The van der Waals surface area contributed by atoms with Crippen LogP contribution in [0.2, 0.25) is 0 Å². The number of esters is 1. The Hall–Kier alpha value is -4.50. The zero-order valence-electron chi connectivity index (χ0n) is 19.3. The molecule has 0 radical (unpaired) electrons. The molecule has 180 valence electrons. The molecule has 0 bridgehead atoms.